The lowest BCUT2D eigenvalue weighted by molar-refractivity contribution is 0.0730. The highest BCUT2D eigenvalue weighted by atomic mass is 16.5. The van der Waals surface area contributed by atoms with Gasteiger partial charge in [0.25, 0.3) is 5.91 Å². The van der Waals surface area contributed by atoms with E-state index in [0.29, 0.717) is 30.4 Å². The van der Waals surface area contributed by atoms with Crippen molar-refractivity contribution in [3.05, 3.63) is 41.1 Å². The van der Waals surface area contributed by atoms with Gasteiger partial charge in [-0.1, -0.05) is 31.4 Å². The third-order valence-corrected chi connectivity index (χ3v) is 7.74. The van der Waals surface area contributed by atoms with Crippen molar-refractivity contribution in [3.63, 3.8) is 0 Å². The van der Waals surface area contributed by atoms with Crippen LogP contribution in [0.2, 0.25) is 0 Å². The molecule has 1 saturated heterocycles. The molecule has 2 aromatic rings. The average molecular weight is 464 g/mol. The quantitative estimate of drug-likeness (QED) is 0.653. The second kappa shape index (κ2) is 10.2. The minimum atomic E-state index is 0.0103. The van der Waals surface area contributed by atoms with Crippen molar-refractivity contribution in [2.45, 2.75) is 70.4 Å². The Morgan fingerprint density at radius 1 is 1.00 bits per heavy atom. The summed E-state index contributed by atoms with van der Waals surface area (Å²) in [5.74, 6) is 2.53. The molecule has 1 aliphatic carbocycles. The molecule has 1 aromatic heterocycles. The van der Waals surface area contributed by atoms with Gasteiger partial charge in [0.1, 0.15) is 11.6 Å². The first-order valence-corrected chi connectivity index (χ1v) is 13.0. The molecule has 34 heavy (non-hydrogen) atoms. The SMILES string of the molecule is COc1ccccc1C(=O)N1CCc2nc(N(C)C3CCCCC3)nc(N3CCCCC3)c2C1. The van der Waals surface area contributed by atoms with E-state index in [4.69, 9.17) is 14.7 Å². The number of amides is 1. The van der Waals surface area contributed by atoms with Crippen molar-refractivity contribution in [3.8, 4) is 5.75 Å². The van der Waals surface area contributed by atoms with Crippen molar-refractivity contribution in [2.75, 3.05) is 43.6 Å². The van der Waals surface area contributed by atoms with Crippen LogP contribution in [0.5, 0.6) is 5.75 Å². The van der Waals surface area contributed by atoms with Gasteiger partial charge in [0, 0.05) is 44.7 Å². The average Bonchev–Trinajstić information content (AvgIpc) is 2.92. The van der Waals surface area contributed by atoms with Gasteiger partial charge in [-0.25, -0.2) is 4.98 Å². The molecule has 5 rings (SSSR count). The summed E-state index contributed by atoms with van der Waals surface area (Å²) in [7, 11) is 3.78. The van der Waals surface area contributed by atoms with Gasteiger partial charge in [-0.15, -0.1) is 0 Å². The van der Waals surface area contributed by atoms with Crippen LogP contribution in [0.1, 0.15) is 73.0 Å². The molecule has 0 unspecified atom stereocenters. The smallest absolute Gasteiger partial charge is 0.257 e. The maximum absolute atomic E-state index is 13.4. The monoisotopic (exact) mass is 463 g/mol. The van der Waals surface area contributed by atoms with Crippen LogP contribution < -0.4 is 14.5 Å². The number of rotatable bonds is 5. The molecule has 1 amide bonds. The Morgan fingerprint density at radius 2 is 1.74 bits per heavy atom. The molecular formula is C27H37N5O2. The lowest BCUT2D eigenvalue weighted by Crippen LogP contribution is -2.40. The molecule has 3 heterocycles. The maximum Gasteiger partial charge on any atom is 0.257 e. The zero-order valence-corrected chi connectivity index (χ0v) is 20.6. The van der Waals surface area contributed by atoms with Gasteiger partial charge in [-0.05, 0) is 44.2 Å². The Hall–Kier alpha value is -2.83. The molecule has 7 nitrogen and oxygen atoms in total. The Bertz CT molecular complexity index is 1010. The van der Waals surface area contributed by atoms with Crippen molar-refractivity contribution < 1.29 is 9.53 Å². The van der Waals surface area contributed by atoms with Gasteiger partial charge in [0.05, 0.1) is 24.9 Å². The van der Waals surface area contributed by atoms with Crippen LogP contribution in [0, 0.1) is 0 Å². The minimum Gasteiger partial charge on any atom is -0.496 e. The number of methoxy groups -OCH3 is 1. The fourth-order valence-corrected chi connectivity index (χ4v) is 5.71. The second-order valence-corrected chi connectivity index (χ2v) is 9.90. The Balaban J connectivity index is 1.47. The number of aromatic nitrogens is 2. The zero-order chi connectivity index (χ0) is 23.5. The van der Waals surface area contributed by atoms with Gasteiger partial charge in [-0.3, -0.25) is 4.79 Å². The van der Waals surface area contributed by atoms with Crippen LogP contribution in [0.15, 0.2) is 24.3 Å². The molecule has 1 saturated carbocycles. The number of benzene rings is 1. The number of fused-ring (bicyclic) bond motifs is 1. The molecule has 1 aromatic carbocycles. The standard InChI is InChI=1S/C27H37N5O2/c1-30(20-11-5-3-6-12-20)27-28-23-15-18-32(26(33)21-13-7-8-14-24(21)34-2)19-22(23)25(29-27)31-16-9-4-10-17-31/h7-8,13-14,20H,3-6,9-12,15-19H2,1-2H3. The first-order chi connectivity index (χ1) is 16.7. The predicted octanol–water partition coefficient (Wildman–Crippen LogP) is 4.44. The highest BCUT2D eigenvalue weighted by Gasteiger charge is 2.31. The van der Waals surface area contributed by atoms with Crippen LogP contribution >= 0.6 is 0 Å². The molecule has 0 radical (unpaired) electrons. The topological polar surface area (TPSA) is 61.8 Å². The Kier molecular flexibility index (Phi) is 6.88. The molecule has 0 N–H and O–H groups in total. The number of hydrogen-bond acceptors (Lipinski definition) is 6. The van der Waals surface area contributed by atoms with E-state index in [-0.39, 0.29) is 5.91 Å². The molecule has 182 valence electrons. The summed E-state index contributed by atoms with van der Waals surface area (Å²) in [6.45, 7) is 3.26. The van der Waals surface area contributed by atoms with Crippen molar-refractivity contribution in [2.24, 2.45) is 0 Å². The van der Waals surface area contributed by atoms with E-state index in [0.717, 1.165) is 42.5 Å². The third kappa shape index (κ3) is 4.57. The van der Waals surface area contributed by atoms with E-state index >= 15 is 0 Å². The molecule has 7 heteroatoms. The van der Waals surface area contributed by atoms with Gasteiger partial charge in [0.15, 0.2) is 0 Å². The van der Waals surface area contributed by atoms with E-state index in [1.165, 1.54) is 51.4 Å². The summed E-state index contributed by atoms with van der Waals surface area (Å²) in [6, 6.07) is 8.01. The largest absolute Gasteiger partial charge is 0.496 e. The van der Waals surface area contributed by atoms with Crippen molar-refractivity contribution >= 4 is 17.7 Å². The second-order valence-electron chi connectivity index (χ2n) is 9.90. The first kappa shape index (κ1) is 22.9. The number of hydrogen-bond donors (Lipinski definition) is 0. The molecule has 0 bridgehead atoms. The van der Waals surface area contributed by atoms with E-state index < -0.39 is 0 Å². The van der Waals surface area contributed by atoms with Crippen LogP contribution in [0.25, 0.3) is 0 Å². The maximum atomic E-state index is 13.4. The summed E-state index contributed by atoms with van der Waals surface area (Å²) in [5.41, 5.74) is 2.84. The Labute approximate surface area is 203 Å². The number of ether oxygens (including phenoxy) is 1. The molecular weight excluding hydrogens is 426 g/mol. The highest BCUT2D eigenvalue weighted by molar-refractivity contribution is 5.97. The number of anilines is 2. The van der Waals surface area contributed by atoms with E-state index in [1.807, 2.05) is 29.2 Å². The van der Waals surface area contributed by atoms with Gasteiger partial charge in [-0.2, -0.15) is 4.98 Å². The number of para-hydroxylation sites is 1. The fraction of sp³-hybridized carbons (Fsp3) is 0.593. The van der Waals surface area contributed by atoms with Crippen LogP contribution in [0.3, 0.4) is 0 Å². The first-order valence-electron chi connectivity index (χ1n) is 13.0. The lowest BCUT2D eigenvalue weighted by atomic mass is 9.95. The predicted molar refractivity (Wildman–Crippen MR) is 135 cm³/mol. The van der Waals surface area contributed by atoms with E-state index in [9.17, 15) is 4.79 Å². The fourth-order valence-electron chi connectivity index (χ4n) is 5.71. The summed E-state index contributed by atoms with van der Waals surface area (Å²) >= 11 is 0. The normalized spacial score (nSPS) is 19.0. The number of carbonyl (C=O) groups excluding carboxylic acids is 1. The summed E-state index contributed by atoms with van der Waals surface area (Å²) in [4.78, 5) is 30.4. The number of nitrogens with zero attached hydrogens (tertiary/aromatic N) is 5. The summed E-state index contributed by atoms with van der Waals surface area (Å²) in [6.07, 6.45) is 10.8. The van der Waals surface area contributed by atoms with Crippen molar-refractivity contribution in [1.82, 2.24) is 14.9 Å². The number of piperidine rings is 1. The van der Waals surface area contributed by atoms with Crippen molar-refractivity contribution in [1.29, 1.82) is 0 Å². The molecule has 2 fully saturated rings. The lowest BCUT2D eigenvalue weighted by Gasteiger charge is -2.37. The van der Waals surface area contributed by atoms with Gasteiger partial charge < -0.3 is 19.4 Å². The molecule has 3 aliphatic rings. The minimum absolute atomic E-state index is 0.0103. The summed E-state index contributed by atoms with van der Waals surface area (Å²) in [5, 5.41) is 0. The van der Waals surface area contributed by atoms with Crippen LogP contribution in [0.4, 0.5) is 11.8 Å². The molecule has 2 aliphatic heterocycles. The zero-order valence-electron chi connectivity index (χ0n) is 20.6. The summed E-state index contributed by atoms with van der Waals surface area (Å²) < 4.78 is 5.46. The molecule has 0 spiro atoms. The van der Waals surface area contributed by atoms with E-state index in [2.05, 4.69) is 16.8 Å². The third-order valence-electron chi connectivity index (χ3n) is 7.74. The molecule has 0 atom stereocenters. The highest BCUT2D eigenvalue weighted by Crippen LogP contribution is 2.33. The van der Waals surface area contributed by atoms with Gasteiger partial charge >= 0.3 is 0 Å². The van der Waals surface area contributed by atoms with Gasteiger partial charge in [0.2, 0.25) is 5.95 Å². The number of carbonyl (C=O) groups is 1. The Morgan fingerprint density at radius 3 is 2.50 bits per heavy atom. The van der Waals surface area contributed by atoms with Crippen LogP contribution in [-0.4, -0.2) is 60.6 Å². The van der Waals surface area contributed by atoms with E-state index in [1.54, 1.807) is 7.11 Å². The van der Waals surface area contributed by atoms with Crippen LogP contribution in [-0.2, 0) is 13.0 Å².